The molecule has 1 unspecified atom stereocenters. The first kappa shape index (κ1) is 16.3. The lowest BCUT2D eigenvalue weighted by molar-refractivity contribution is -0.136. The molecular formula is C17H22N2O3S. The van der Waals surface area contributed by atoms with E-state index in [0.717, 1.165) is 18.4 Å². The van der Waals surface area contributed by atoms with E-state index < -0.39 is 6.10 Å². The van der Waals surface area contributed by atoms with Crippen molar-refractivity contribution in [3.63, 3.8) is 0 Å². The predicted octanol–water partition coefficient (Wildman–Crippen LogP) is 1.63. The molecule has 0 saturated carbocycles. The van der Waals surface area contributed by atoms with Crippen LogP contribution in [-0.2, 0) is 9.59 Å². The molecule has 6 heteroatoms. The van der Waals surface area contributed by atoms with Gasteiger partial charge in [0.25, 0.3) is 0 Å². The van der Waals surface area contributed by atoms with E-state index in [1.54, 1.807) is 11.8 Å². The molecule has 2 aliphatic rings. The Morgan fingerprint density at radius 1 is 1.30 bits per heavy atom. The van der Waals surface area contributed by atoms with Crippen molar-refractivity contribution in [3.05, 3.63) is 35.9 Å². The molecule has 2 aliphatic heterocycles. The quantitative estimate of drug-likeness (QED) is 0.913. The highest BCUT2D eigenvalue weighted by molar-refractivity contribution is 8.01. The minimum absolute atomic E-state index is 0.0202. The zero-order chi connectivity index (χ0) is 16.4. The van der Waals surface area contributed by atoms with Crippen molar-refractivity contribution in [2.75, 3.05) is 25.9 Å². The average Bonchev–Trinajstić information content (AvgIpc) is 2.85. The highest BCUT2D eigenvalue weighted by atomic mass is 32.2. The highest BCUT2D eigenvalue weighted by Crippen LogP contribution is 2.43. The molecule has 0 bridgehead atoms. The Morgan fingerprint density at radius 3 is 2.52 bits per heavy atom. The van der Waals surface area contributed by atoms with Crippen LogP contribution in [0.2, 0.25) is 0 Å². The van der Waals surface area contributed by atoms with E-state index >= 15 is 0 Å². The second kappa shape index (κ2) is 6.53. The van der Waals surface area contributed by atoms with E-state index in [1.165, 1.54) is 0 Å². The third kappa shape index (κ3) is 3.23. The van der Waals surface area contributed by atoms with E-state index in [1.807, 2.05) is 47.2 Å². The Morgan fingerprint density at radius 2 is 1.96 bits per heavy atom. The maximum atomic E-state index is 12.4. The van der Waals surface area contributed by atoms with Gasteiger partial charge in [0.1, 0.15) is 0 Å². The highest BCUT2D eigenvalue weighted by Gasteiger charge is 2.46. The predicted molar refractivity (Wildman–Crippen MR) is 89.8 cm³/mol. The number of benzene rings is 1. The number of carbonyl (C=O) groups is 2. The van der Waals surface area contributed by atoms with Gasteiger partial charge in [-0.05, 0) is 18.4 Å². The summed E-state index contributed by atoms with van der Waals surface area (Å²) in [5, 5.41) is 10.2. The van der Waals surface area contributed by atoms with Crippen LogP contribution in [0.15, 0.2) is 30.3 Å². The first-order valence-electron chi connectivity index (χ1n) is 7.93. The van der Waals surface area contributed by atoms with Crippen molar-refractivity contribution < 1.29 is 14.7 Å². The number of nitrogens with zero attached hydrogens (tertiary/aromatic N) is 2. The largest absolute Gasteiger partial charge is 0.388 e. The van der Waals surface area contributed by atoms with E-state index in [0.29, 0.717) is 18.8 Å². The smallest absolute Gasteiger partial charge is 0.233 e. The number of thioether (sulfide) groups is 1. The van der Waals surface area contributed by atoms with Crippen LogP contribution in [0.25, 0.3) is 0 Å². The molecule has 5 nitrogen and oxygen atoms in total. The average molecular weight is 334 g/mol. The number of hydrogen-bond donors (Lipinski definition) is 1. The third-order valence-corrected chi connectivity index (χ3v) is 6.51. The molecular weight excluding hydrogens is 312 g/mol. The number of piperidine rings is 1. The van der Waals surface area contributed by atoms with E-state index in [9.17, 15) is 14.7 Å². The molecule has 23 heavy (non-hydrogen) atoms. The number of amides is 2. The maximum absolute atomic E-state index is 12.4. The van der Waals surface area contributed by atoms with Gasteiger partial charge in [0, 0.05) is 20.1 Å². The molecule has 2 amide bonds. The van der Waals surface area contributed by atoms with E-state index in [2.05, 4.69) is 0 Å². The maximum Gasteiger partial charge on any atom is 0.233 e. The second-order valence-corrected chi connectivity index (χ2v) is 7.54. The van der Waals surface area contributed by atoms with Crippen molar-refractivity contribution in [2.24, 2.45) is 0 Å². The fourth-order valence-corrected chi connectivity index (χ4v) is 4.64. The number of hydrogen-bond acceptors (Lipinski definition) is 4. The van der Waals surface area contributed by atoms with Crippen molar-refractivity contribution >= 4 is 23.6 Å². The summed E-state index contributed by atoms with van der Waals surface area (Å²) in [5.41, 5.74) is 0.769. The summed E-state index contributed by atoms with van der Waals surface area (Å²) >= 11 is 1.70. The van der Waals surface area contributed by atoms with Gasteiger partial charge in [-0.1, -0.05) is 30.3 Å². The molecule has 0 aromatic heterocycles. The second-order valence-electron chi connectivity index (χ2n) is 6.20. The fourth-order valence-electron chi connectivity index (χ4n) is 3.29. The van der Waals surface area contributed by atoms with E-state index in [-0.39, 0.29) is 23.1 Å². The van der Waals surface area contributed by atoms with Crippen LogP contribution in [-0.4, -0.2) is 57.5 Å². The molecule has 1 atom stereocenters. The summed E-state index contributed by atoms with van der Waals surface area (Å²) < 4.78 is 0. The number of rotatable bonds is 3. The topological polar surface area (TPSA) is 60.9 Å². The molecule has 3 rings (SSSR count). The van der Waals surface area contributed by atoms with Gasteiger partial charge in [0.2, 0.25) is 11.8 Å². The van der Waals surface area contributed by atoms with Crippen LogP contribution in [0.3, 0.4) is 0 Å². The summed E-state index contributed by atoms with van der Waals surface area (Å²) in [6.45, 7) is 1.29. The van der Waals surface area contributed by atoms with Gasteiger partial charge in [-0.2, -0.15) is 0 Å². The summed E-state index contributed by atoms with van der Waals surface area (Å²) in [6, 6.07) is 9.27. The molecule has 1 aromatic carbocycles. The first-order chi connectivity index (χ1) is 11.0. The zero-order valence-electron chi connectivity index (χ0n) is 13.3. The third-order valence-electron chi connectivity index (χ3n) is 4.90. The molecule has 124 valence electrons. The standard InChI is InChI=1S/C17H22N2O3S/c1-18-16(22)12-23-17(18)7-9-19(10-8-17)15(21)11-14(20)13-5-3-2-4-6-13/h2-6,14,20H,7-12H2,1H3. The van der Waals surface area contributed by atoms with E-state index in [4.69, 9.17) is 0 Å². The molecule has 0 radical (unpaired) electrons. The number of likely N-dealkylation sites (tertiary alicyclic amines) is 1. The molecule has 1 spiro atoms. The Labute approximate surface area is 140 Å². The van der Waals surface area contributed by atoms with Crippen LogP contribution < -0.4 is 0 Å². The van der Waals surface area contributed by atoms with Gasteiger partial charge in [-0.15, -0.1) is 11.8 Å². The van der Waals surface area contributed by atoms with Crippen LogP contribution in [0.1, 0.15) is 30.9 Å². The van der Waals surface area contributed by atoms with Crippen molar-refractivity contribution in [2.45, 2.75) is 30.2 Å². The Kier molecular flexibility index (Phi) is 4.64. The fraction of sp³-hybridized carbons (Fsp3) is 0.529. The Bertz CT molecular complexity index is 585. The van der Waals surface area contributed by atoms with Crippen molar-refractivity contribution in [3.8, 4) is 0 Å². The molecule has 1 aromatic rings. The lowest BCUT2D eigenvalue weighted by Crippen LogP contribution is -2.51. The first-order valence-corrected chi connectivity index (χ1v) is 8.92. The minimum atomic E-state index is -0.760. The van der Waals surface area contributed by atoms with Crippen LogP contribution in [0.4, 0.5) is 0 Å². The zero-order valence-corrected chi connectivity index (χ0v) is 14.1. The monoisotopic (exact) mass is 334 g/mol. The summed E-state index contributed by atoms with van der Waals surface area (Å²) in [4.78, 5) is 27.7. The van der Waals surface area contributed by atoms with Gasteiger partial charge < -0.3 is 14.9 Å². The molecule has 2 saturated heterocycles. The van der Waals surface area contributed by atoms with Crippen LogP contribution in [0, 0.1) is 0 Å². The number of aliphatic hydroxyl groups excluding tert-OH is 1. The van der Waals surface area contributed by atoms with Crippen LogP contribution >= 0.6 is 11.8 Å². The molecule has 1 N–H and O–H groups in total. The minimum Gasteiger partial charge on any atom is -0.388 e. The molecule has 2 heterocycles. The van der Waals surface area contributed by atoms with Gasteiger partial charge in [0.15, 0.2) is 0 Å². The van der Waals surface area contributed by atoms with Gasteiger partial charge in [-0.3, -0.25) is 9.59 Å². The number of aliphatic hydroxyl groups is 1. The van der Waals surface area contributed by atoms with Crippen molar-refractivity contribution in [1.29, 1.82) is 0 Å². The molecule has 2 fully saturated rings. The molecule has 0 aliphatic carbocycles. The lowest BCUT2D eigenvalue weighted by atomic mass is 10.0. The van der Waals surface area contributed by atoms with Crippen molar-refractivity contribution in [1.82, 2.24) is 9.80 Å². The summed E-state index contributed by atoms with van der Waals surface area (Å²) in [6.07, 6.45) is 0.948. The Balaban J connectivity index is 1.55. The SMILES string of the molecule is CN1C(=O)CSC12CCN(C(=O)CC(O)c1ccccc1)CC2. The normalized spacial score (nSPS) is 21.7. The summed E-state index contributed by atoms with van der Waals surface area (Å²) in [5.74, 6) is 0.694. The number of carbonyl (C=O) groups excluding carboxylic acids is 2. The van der Waals surface area contributed by atoms with Gasteiger partial charge in [-0.25, -0.2) is 0 Å². The van der Waals surface area contributed by atoms with Crippen LogP contribution in [0.5, 0.6) is 0 Å². The van der Waals surface area contributed by atoms with Gasteiger partial charge >= 0.3 is 0 Å². The lowest BCUT2D eigenvalue weighted by Gasteiger charge is -2.42. The Hall–Kier alpha value is -1.53. The van der Waals surface area contributed by atoms with Gasteiger partial charge in [0.05, 0.1) is 23.1 Å². The summed E-state index contributed by atoms with van der Waals surface area (Å²) in [7, 11) is 1.86.